The van der Waals surface area contributed by atoms with Crippen molar-refractivity contribution in [3.8, 4) is 6.07 Å². The quantitative estimate of drug-likeness (QED) is 0.0578. The SMILES string of the molecule is CC(=N)CC(N)=Nc1cc(N2CCN(c3ccc(C#N)cc3)CC2)nc(/C=C/c2cccc(C3CCC(N4CCN(c5cc(N=C(N)CC(C)=N)nc(/C=C/c6ccccc6)n5)CC4)CC3)c2)n1. The molecule has 5 aromatic rings. The normalized spacial score (nSPS) is 18.6. The third-order valence-electron chi connectivity index (χ3n) is 12.7. The van der Waals surface area contributed by atoms with Crippen LogP contribution in [0.2, 0.25) is 0 Å². The van der Waals surface area contributed by atoms with Gasteiger partial charge in [-0.3, -0.25) is 4.90 Å². The molecule has 15 heteroatoms. The molecule has 0 amide bonds. The summed E-state index contributed by atoms with van der Waals surface area (Å²) in [5, 5.41) is 25.0. The highest BCUT2D eigenvalue weighted by Crippen LogP contribution is 2.36. The van der Waals surface area contributed by atoms with Gasteiger partial charge in [0.05, 0.1) is 11.6 Å². The van der Waals surface area contributed by atoms with E-state index in [4.69, 9.17) is 37.2 Å². The predicted octanol–water partition coefficient (Wildman–Crippen LogP) is 8.49. The van der Waals surface area contributed by atoms with Crippen LogP contribution in [0, 0.1) is 22.1 Å². The van der Waals surface area contributed by atoms with E-state index < -0.39 is 0 Å². The topological polar surface area (TPSA) is 213 Å². The van der Waals surface area contributed by atoms with Crippen molar-refractivity contribution in [3.63, 3.8) is 0 Å². The number of nitrogens with two attached hydrogens (primary N) is 2. The van der Waals surface area contributed by atoms with Crippen molar-refractivity contribution in [1.29, 1.82) is 16.1 Å². The average Bonchev–Trinajstić information content (AvgIpc) is 3.35. The van der Waals surface area contributed by atoms with E-state index in [0.717, 1.165) is 106 Å². The first kappa shape index (κ1) is 46.9. The van der Waals surface area contributed by atoms with Crippen LogP contribution in [0.15, 0.2) is 101 Å². The second-order valence-corrected chi connectivity index (χ2v) is 17.9. The standard InChI is InChI=1S/C53H61N15/c1-37(55)31-46(57)59-50-34-52(63-48(61-50)21-13-39-7-4-3-5-8-39)68-29-25-66(26-30-68)45-19-15-42(16-20-45)43-10-6-9-40(33-43)14-22-49-62-51(60-47(58)32-38(2)56)35-53(64-49)67-27-23-65(24-28-67)44-17-11-41(36-54)12-18-44/h3-14,17-18,21-22,33-35,42,45,55-56H,15-16,19-20,23-32H2,1-2H3,(H2,57,59,61,63)(H2,58,60,62,64)/b21-13+,22-14+,55-37?,56-38?. The maximum atomic E-state index is 9.22. The van der Waals surface area contributed by atoms with Crippen LogP contribution < -0.4 is 26.2 Å². The molecule has 4 heterocycles. The number of nitriles is 1. The fourth-order valence-electron chi connectivity index (χ4n) is 9.24. The van der Waals surface area contributed by atoms with Gasteiger partial charge in [0.15, 0.2) is 23.3 Å². The number of hydrogen-bond acceptors (Lipinski definition) is 13. The van der Waals surface area contributed by atoms with Crippen molar-refractivity contribution in [2.45, 2.75) is 64.3 Å². The second kappa shape index (κ2) is 22.3. The first-order chi connectivity index (χ1) is 33.0. The summed E-state index contributed by atoms with van der Waals surface area (Å²) in [6, 6.07) is 33.2. The van der Waals surface area contributed by atoms with Gasteiger partial charge in [-0.15, -0.1) is 0 Å². The summed E-state index contributed by atoms with van der Waals surface area (Å²) in [7, 11) is 0. The summed E-state index contributed by atoms with van der Waals surface area (Å²) in [5.74, 6) is 4.93. The maximum absolute atomic E-state index is 9.22. The van der Waals surface area contributed by atoms with E-state index in [1.165, 1.54) is 5.56 Å². The monoisotopic (exact) mass is 908 g/mol. The Bertz CT molecular complexity index is 2710. The lowest BCUT2D eigenvalue weighted by Gasteiger charge is -2.42. The van der Waals surface area contributed by atoms with Crippen molar-refractivity contribution in [2.24, 2.45) is 21.5 Å². The van der Waals surface area contributed by atoms with Crippen molar-refractivity contribution in [3.05, 3.63) is 125 Å². The molecule has 348 valence electrons. The Hall–Kier alpha value is -7.57. The summed E-state index contributed by atoms with van der Waals surface area (Å²) in [4.78, 5) is 38.1. The first-order valence-corrected chi connectivity index (χ1v) is 23.6. The van der Waals surface area contributed by atoms with Crippen molar-refractivity contribution >= 4 is 76.4 Å². The Balaban J connectivity index is 0.890. The molecule has 0 unspecified atom stereocenters. The zero-order valence-corrected chi connectivity index (χ0v) is 39.1. The summed E-state index contributed by atoms with van der Waals surface area (Å²) in [5.41, 5.74) is 18.6. The number of rotatable bonds is 15. The van der Waals surface area contributed by atoms with Crippen LogP contribution in [-0.4, -0.2) is 106 Å². The summed E-state index contributed by atoms with van der Waals surface area (Å²) < 4.78 is 0. The number of piperazine rings is 2. The van der Waals surface area contributed by atoms with Crippen LogP contribution in [-0.2, 0) is 0 Å². The smallest absolute Gasteiger partial charge is 0.160 e. The molecule has 2 aromatic heterocycles. The Morgan fingerprint density at radius 1 is 0.618 bits per heavy atom. The fourth-order valence-corrected chi connectivity index (χ4v) is 9.24. The second-order valence-electron chi connectivity index (χ2n) is 17.9. The molecular weight excluding hydrogens is 847 g/mol. The van der Waals surface area contributed by atoms with Crippen molar-refractivity contribution in [2.75, 3.05) is 67.1 Å². The van der Waals surface area contributed by atoms with Crippen LogP contribution >= 0.6 is 0 Å². The lowest BCUT2D eigenvalue weighted by molar-refractivity contribution is 0.141. The van der Waals surface area contributed by atoms with Gasteiger partial charge in [-0.05, 0) is 98.6 Å². The minimum absolute atomic E-state index is 0.278. The number of aliphatic imine (C=N–C) groups is 2. The first-order valence-electron chi connectivity index (χ1n) is 23.6. The summed E-state index contributed by atoms with van der Waals surface area (Å²) in [6.45, 7) is 10.2. The highest BCUT2D eigenvalue weighted by molar-refractivity contribution is 6.01. The molecule has 1 aliphatic carbocycles. The van der Waals surface area contributed by atoms with Crippen LogP contribution in [0.5, 0.6) is 0 Å². The zero-order valence-electron chi connectivity index (χ0n) is 39.1. The van der Waals surface area contributed by atoms with Crippen LogP contribution in [0.4, 0.5) is 29.0 Å². The van der Waals surface area contributed by atoms with E-state index >= 15 is 0 Å². The number of nitrogens with zero attached hydrogens (tertiary/aromatic N) is 11. The molecule has 2 aliphatic heterocycles. The van der Waals surface area contributed by atoms with Gasteiger partial charge in [0.25, 0.3) is 0 Å². The summed E-state index contributed by atoms with van der Waals surface area (Å²) >= 11 is 0. The van der Waals surface area contributed by atoms with E-state index in [2.05, 4.69) is 71.0 Å². The molecule has 0 atom stereocenters. The highest BCUT2D eigenvalue weighted by Gasteiger charge is 2.30. The van der Waals surface area contributed by atoms with Crippen LogP contribution in [0.3, 0.4) is 0 Å². The third-order valence-corrected chi connectivity index (χ3v) is 12.7. The van der Waals surface area contributed by atoms with Crippen LogP contribution in [0.1, 0.15) is 92.2 Å². The molecule has 3 fully saturated rings. The average molecular weight is 908 g/mol. The number of aromatic nitrogens is 4. The van der Waals surface area contributed by atoms with Gasteiger partial charge in [-0.1, -0.05) is 66.7 Å². The number of amidine groups is 2. The highest BCUT2D eigenvalue weighted by atomic mass is 15.3. The predicted molar refractivity (Wildman–Crippen MR) is 278 cm³/mol. The molecule has 3 aliphatic rings. The number of anilines is 3. The zero-order chi connectivity index (χ0) is 47.4. The molecule has 1 saturated carbocycles. The van der Waals surface area contributed by atoms with Gasteiger partial charge in [0.2, 0.25) is 0 Å². The van der Waals surface area contributed by atoms with E-state index in [9.17, 15) is 5.26 Å². The van der Waals surface area contributed by atoms with E-state index in [1.807, 2.05) is 85.0 Å². The number of benzene rings is 3. The Kier molecular flexibility index (Phi) is 15.4. The maximum Gasteiger partial charge on any atom is 0.160 e. The van der Waals surface area contributed by atoms with Gasteiger partial charge in [-0.2, -0.15) is 5.26 Å². The molecule has 0 radical (unpaired) electrons. The van der Waals surface area contributed by atoms with E-state index in [-0.39, 0.29) is 6.42 Å². The third kappa shape index (κ3) is 12.9. The minimum atomic E-state index is 0.278. The van der Waals surface area contributed by atoms with Crippen LogP contribution in [0.25, 0.3) is 24.3 Å². The number of nitrogens with one attached hydrogen (secondary N) is 2. The van der Waals surface area contributed by atoms with E-state index in [1.54, 1.807) is 13.8 Å². The van der Waals surface area contributed by atoms with Gasteiger partial charge in [0, 0.05) is 100 Å². The molecule has 0 bridgehead atoms. The Morgan fingerprint density at radius 2 is 1.13 bits per heavy atom. The Labute approximate surface area is 399 Å². The molecule has 6 N–H and O–H groups in total. The minimum Gasteiger partial charge on any atom is -0.387 e. The lowest BCUT2D eigenvalue weighted by Crippen LogP contribution is -2.51. The lowest BCUT2D eigenvalue weighted by atomic mass is 9.80. The Morgan fingerprint density at radius 3 is 1.68 bits per heavy atom. The fraction of sp³-hybridized carbons (Fsp3) is 0.340. The van der Waals surface area contributed by atoms with Crippen molar-refractivity contribution in [1.82, 2.24) is 24.8 Å². The van der Waals surface area contributed by atoms with E-state index in [0.29, 0.717) is 70.3 Å². The molecule has 0 spiro atoms. The molecule has 8 rings (SSSR count). The largest absolute Gasteiger partial charge is 0.387 e. The summed E-state index contributed by atoms with van der Waals surface area (Å²) in [6.07, 6.45) is 13.1. The van der Waals surface area contributed by atoms with Crippen molar-refractivity contribution < 1.29 is 0 Å². The molecule has 3 aromatic carbocycles. The number of hydrogen-bond donors (Lipinski definition) is 4. The van der Waals surface area contributed by atoms with Gasteiger partial charge in [0.1, 0.15) is 23.3 Å². The van der Waals surface area contributed by atoms with Gasteiger partial charge >= 0.3 is 0 Å². The van der Waals surface area contributed by atoms with Gasteiger partial charge < -0.3 is 37.0 Å². The van der Waals surface area contributed by atoms with Gasteiger partial charge in [-0.25, -0.2) is 29.9 Å². The molecule has 2 saturated heterocycles. The molecular formula is C53H61N15. The molecule has 68 heavy (non-hydrogen) atoms. The molecule has 15 nitrogen and oxygen atoms in total.